The van der Waals surface area contributed by atoms with Crippen molar-refractivity contribution >= 4 is 11.2 Å². The molecule has 80 valence electrons. The average Bonchev–Trinajstić information content (AvgIpc) is 2.82. The number of aromatic amines is 1. The molecule has 0 aliphatic heterocycles. The minimum Gasteiger partial charge on any atom is -0.337 e. The number of benzene rings is 1. The Balaban J connectivity index is 2.11. The normalized spacial score (nSPS) is 10.3. The van der Waals surface area contributed by atoms with E-state index < -0.39 is 0 Å². The van der Waals surface area contributed by atoms with Crippen LogP contribution >= 0.6 is 0 Å². The zero-order valence-corrected chi connectivity index (χ0v) is 8.88. The fourth-order valence-electron chi connectivity index (χ4n) is 1.68. The molecule has 0 aliphatic rings. The van der Waals surface area contributed by atoms with Gasteiger partial charge >= 0.3 is 0 Å². The summed E-state index contributed by atoms with van der Waals surface area (Å²) in [7, 11) is 0. The van der Waals surface area contributed by atoms with Crippen LogP contribution in [0.15, 0.2) is 42.6 Å². The Labute approximate surface area is 97.6 Å². The van der Waals surface area contributed by atoms with Crippen LogP contribution in [0.4, 0.5) is 0 Å². The van der Waals surface area contributed by atoms with E-state index in [4.69, 9.17) is 5.26 Å². The molecule has 3 aromatic rings. The lowest BCUT2D eigenvalue weighted by Crippen LogP contribution is -1.81. The molecule has 0 spiro atoms. The van der Waals surface area contributed by atoms with E-state index in [1.54, 1.807) is 18.3 Å². The third-order valence-electron chi connectivity index (χ3n) is 2.54. The van der Waals surface area contributed by atoms with Gasteiger partial charge in [0.2, 0.25) is 0 Å². The van der Waals surface area contributed by atoms with Crippen molar-refractivity contribution in [1.29, 1.82) is 5.26 Å². The Bertz CT molecular complexity index is 671. The quantitative estimate of drug-likeness (QED) is 0.685. The number of aromatic nitrogens is 3. The first-order valence-corrected chi connectivity index (χ1v) is 5.18. The Hall–Kier alpha value is -2.67. The van der Waals surface area contributed by atoms with E-state index >= 15 is 0 Å². The van der Waals surface area contributed by atoms with Crippen LogP contribution < -0.4 is 0 Å². The fourth-order valence-corrected chi connectivity index (χ4v) is 1.68. The second-order valence-electron chi connectivity index (χ2n) is 3.65. The predicted molar refractivity (Wildman–Crippen MR) is 64.0 cm³/mol. The van der Waals surface area contributed by atoms with Crippen LogP contribution in [0.25, 0.3) is 22.6 Å². The summed E-state index contributed by atoms with van der Waals surface area (Å²) in [6, 6.07) is 13.2. The smallest absolute Gasteiger partial charge is 0.178 e. The van der Waals surface area contributed by atoms with Gasteiger partial charge in [0.1, 0.15) is 5.82 Å². The highest BCUT2D eigenvalue weighted by molar-refractivity contribution is 5.75. The molecule has 1 N–H and O–H groups in total. The molecule has 0 radical (unpaired) electrons. The standard InChI is InChI=1S/C13H8N4/c14-8-9-3-5-10(6-4-9)12-16-11-2-1-7-15-13(11)17-12/h1-7H,(H,15,16,17). The molecular weight excluding hydrogens is 212 g/mol. The van der Waals surface area contributed by atoms with Crippen molar-refractivity contribution in [3.8, 4) is 17.5 Å². The number of nitrogens with zero attached hydrogens (tertiary/aromatic N) is 3. The first-order chi connectivity index (χ1) is 8.36. The fraction of sp³-hybridized carbons (Fsp3) is 0. The first kappa shape index (κ1) is 9.55. The molecule has 0 bridgehead atoms. The topological polar surface area (TPSA) is 65.4 Å². The molecule has 0 fully saturated rings. The maximum absolute atomic E-state index is 8.73. The van der Waals surface area contributed by atoms with Crippen LogP contribution in [0.3, 0.4) is 0 Å². The minimum absolute atomic E-state index is 0.642. The van der Waals surface area contributed by atoms with Crippen LogP contribution in [0.1, 0.15) is 5.56 Å². The Morgan fingerprint density at radius 3 is 2.65 bits per heavy atom. The molecule has 4 heteroatoms. The van der Waals surface area contributed by atoms with Gasteiger partial charge in [-0.25, -0.2) is 9.97 Å². The molecule has 0 unspecified atom stereocenters. The monoisotopic (exact) mass is 220 g/mol. The van der Waals surface area contributed by atoms with E-state index in [0.717, 1.165) is 16.9 Å². The van der Waals surface area contributed by atoms with E-state index in [1.807, 2.05) is 24.3 Å². The van der Waals surface area contributed by atoms with Crippen molar-refractivity contribution in [3.63, 3.8) is 0 Å². The maximum Gasteiger partial charge on any atom is 0.178 e. The summed E-state index contributed by atoms with van der Waals surface area (Å²) >= 11 is 0. The Morgan fingerprint density at radius 1 is 1.12 bits per heavy atom. The molecule has 0 saturated heterocycles. The molecule has 0 amide bonds. The zero-order chi connectivity index (χ0) is 11.7. The van der Waals surface area contributed by atoms with Gasteiger partial charge in [0, 0.05) is 11.8 Å². The number of rotatable bonds is 1. The summed E-state index contributed by atoms with van der Waals surface area (Å²) in [5.74, 6) is 0.767. The van der Waals surface area contributed by atoms with Gasteiger partial charge in [-0.2, -0.15) is 5.26 Å². The average molecular weight is 220 g/mol. The molecule has 2 heterocycles. The van der Waals surface area contributed by atoms with Crippen LogP contribution in [0, 0.1) is 11.3 Å². The first-order valence-electron chi connectivity index (χ1n) is 5.18. The molecule has 0 atom stereocenters. The van der Waals surface area contributed by atoms with Gasteiger partial charge in [0.05, 0.1) is 17.1 Å². The van der Waals surface area contributed by atoms with Gasteiger partial charge in [-0.3, -0.25) is 0 Å². The van der Waals surface area contributed by atoms with Crippen molar-refractivity contribution in [3.05, 3.63) is 48.2 Å². The Morgan fingerprint density at radius 2 is 1.94 bits per heavy atom. The molecule has 4 nitrogen and oxygen atoms in total. The summed E-state index contributed by atoms with van der Waals surface area (Å²) in [5.41, 5.74) is 3.20. The molecule has 17 heavy (non-hydrogen) atoms. The summed E-state index contributed by atoms with van der Waals surface area (Å²) in [5, 5.41) is 8.73. The third kappa shape index (κ3) is 1.64. The molecule has 1 aromatic carbocycles. The van der Waals surface area contributed by atoms with Gasteiger partial charge in [-0.05, 0) is 36.4 Å². The highest BCUT2D eigenvalue weighted by atomic mass is 15.0. The van der Waals surface area contributed by atoms with Crippen molar-refractivity contribution < 1.29 is 0 Å². The minimum atomic E-state index is 0.642. The summed E-state index contributed by atoms with van der Waals surface area (Å²) in [6.45, 7) is 0. The SMILES string of the molecule is N#Cc1ccc(-c2nc3ncccc3[nH]2)cc1. The second kappa shape index (κ2) is 3.72. The maximum atomic E-state index is 8.73. The number of nitrogens with one attached hydrogen (secondary N) is 1. The molecule has 3 rings (SSSR count). The Kier molecular flexibility index (Phi) is 2.09. The van der Waals surface area contributed by atoms with Crippen LogP contribution in [-0.4, -0.2) is 15.0 Å². The summed E-state index contributed by atoms with van der Waals surface area (Å²) in [4.78, 5) is 11.7. The number of H-pyrrole nitrogens is 1. The van der Waals surface area contributed by atoms with E-state index in [-0.39, 0.29) is 0 Å². The second-order valence-corrected chi connectivity index (χ2v) is 3.65. The van der Waals surface area contributed by atoms with E-state index in [0.29, 0.717) is 11.2 Å². The van der Waals surface area contributed by atoms with Gasteiger partial charge in [-0.1, -0.05) is 0 Å². The number of imidazole rings is 1. The zero-order valence-electron chi connectivity index (χ0n) is 8.88. The van der Waals surface area contributed by atoms with E-state index in [2.05, 4.69) is 21.0 Å². The molecule has 2 aromatic heterocycles. The largest absolute Gasteiger partial charge is 0.337 e. The van der Waals surface area contributed by atoms with Crippen molar-refractivity contribution in [2.75, 3.05) is 0 Å². The lowest BCUT2D eigenvalue weighted by molar-refractivity contribution is 1.30. The molecule has 0 aliphatic carbocycles. The number of nitriles is 1. The summed E-state index contributed by atoms with van der Waals surface area (Å²) in [6.07, 6.45) is 1.71. The number of hydrogen-bond acceptors (Lipinski definition) is 3. The van der Waals surface area contributed by atoms with Crippen LogP contribution in [0.5, 0.6) is 0 Å². The predicted octanol–water partition coefficient (Wildman–Crippen LogP) is 2.50. The van der Waals surface area contributed by atoms with Crippen molar-refractivity contribution in [2.45, 2.75) is 0 Å². The highest BCUT2D eigenvalue weighted by Crippen LogP contribution is 2.19. The molecule has 0 saturated carbocycles. The summed E-state index contributed by atoms with van der Waals surface area (Å²) < 4.78 is 0. The van der Waals surface area contributed by atoms with Gasteiger partial charge in [-0.15, -0.1) is 0 Å². The lowest BCUT2D eigenvalue weighted by Gasteiger charge is -1.95. The molecular formula is C13H8N4. The van der Waals surface area contributed by atoms with Gasteiger partial charge < -0.3 is 4.98 Å². The van der Waals surface area contributed by atoms with Crippen LogP contribution in [-0.2, 0) is 0 Å². The van der Waals surface area contributed by atoms with E-state index in [1.165, 1.54) is 0 Å². The van der Waals surface area contributed by atoms with Crippen LogP contribution in [0.2, 0.25) is 0 Å². The van der Waals surface area contributed by atoms with Crippen molar-refractivity contribution in [1.82, 2.24) is 15.0 Å². The number of pyridine rings is 1. The lowest BCUT2D eigenvalue weighted by atomic mass is 10.1. The highest BCUT2D eigenvalue weighted by Gasteiger charge is 2.05. The number of hydrogen-bond donors (Lipinski definition) is 1. The number of fused-ring (bicyclic) bond motifs is 1. The van der Waals surface area contributed by atoms with Gasteiger partial charge in [0.15, 0.2) is 5.65 Å². The van der Waals surface area contributed by atoms with Gasteiger partial charge in [0.25, 0.3) is 0 Å². The van der Waals surface area contributed by atoms with E-state index in [9.17, 15) is 0 Å². The third-order valence-corrected chi connectivity index (χ3v) is 2.54. The van der Waals surface area contributed by atoms with Crippen molar-refractivity contribution in [2.24, 2.45) is 0 Å².